The molecule has 0 radical (unpaired) electrons. The summed E-state index contributed by atoms with van der Waals surface area (Å²) in [5.41, 5.74) is 7.96. The number of nitrogens with zero attached hydrogens (tertiary/aromatic N) is 2. The van der Waals surface area contributed by atoms with Crippen molar-refractivity contribution in [3.63, 3.8) is 0 Å². The number of rotatable bonds is 16. The van der Waals surface area contributed by atoms with Gasteiger partial charge in [-0.1, -0.05) is 34.1 Å². The quantitative estimate of drug-likeness (QED) is 0.214. The first-order valence-electron chi connectivity index (χ1n) is 13.6. The minimum atomic E-state index is -0.673. The van der Waals surface area contributed by atoms with Gasteiger partial charge in [0.15, 0.2) is 17.3 Å². The van der Waals surface area contributed by atoms with Gasteiger partial charge in [-0.05, 0) is 50.4 Å². The van der Waals surface area contributed by atoms with Crippen LogP contribution >= 0.6 is 0 Å². The largest absolute Gasteiger partial charge is 0.497 e. The van der Waals surface area contributed by atoms with Gasteiger partial charge in [0, 0.05) is 38.1 Å². The average molecular weight is 546 g/mol. The number of hydrogen-bond donors (Lipinski definition) is 5. The number of hydrogen-bond acceptors (Lipinski definition) is 9. The minimum absolute atomic E-state index is 0.0611. The zero-order valence-corrected chi connectivity index (χ0v) is 24.6. The van der Waals surface area contributed by atoms with Gasteiger partial charge in [0.05, 0.1) is 19.3 Å². The maximum absolute atomic E-state index is 12.2. The van der Waals surface area contributed by atoms with Crippen LogP contribution in [0.25, 0.3) is 0 Å². The number of primary amides is 1. The molecule has 2 aromatic rings. The van der Waals surface area contributed by atoms with E-state index in [-0.39, 0.29) is 30.0 Å². The van der Waals surface area contributed by atoms with Gasteiger partial charge in [0.25, 0.3) is 5.91 Å². The Hall–Kier alpha value is -3.44. The second-order valence-electron chi connectivity index (χ2n) is 9.00. The number of anilines is 3. The van der Waals surface area contributed by atoms with Crippen molar-refractivity contribution in [2.45, 2.75) is 65.8 Å². The predicted octanol–water partition coefficient (Wildman–Crippen LogP) is 3.41. The van der Waals surface area contributed by atoms with Gasteiger partial charge < -0.3 is 36.5 Å². The molecule has 0 saturated carbocycles. The highest BCUT2D eigenvalue weighted by molar-refractivity contribution is 5.96. The van der Waals surface area contributed by atoms with Crippen molar-refractivity contribution in [2.24, 2.45) is 5.73 Å². The topological polar surface area (TPSA) is 153 Å². The number of aromatic nitrogens is 2. The molecule has 11 nitrogen and oxygen atoms in total. The molecule has 0 fully saturated rings. The number of carbonyl (C=O) groups is 2. The van der Waals surface area contributed by atoms with E-state index >= 15 is 0 Å². The smallest absolute Gasteiger partial charge is 0.271 e. The SMILES string of the molecule is CCC.CCc1nc(C(N)=O)c(Nc2cc(CCNC(=O)CNC)cc(OC)c2)nc1NC(CC)CCOC. The summed E-state index contributed by atoms with van der Waals surface area (Å²) in [5.74, 6) is 0.730. The van der Waals surface area contributed by atoms with Gasteiger partial charge in [-0.2, -0.15) is 0 Å². The van der Waals surface area contributed by atoms with E-state index in [2.05, 4.69) is 47.0 Å². The van der Waals surface area contributed by atoms with Crippen molar-refractivity contribution in [3.8, 4) is 5.75 Å². The lowest BCUT2D eigenvalue weighted by Gasteiger charge is -2.20. The highest BCUT2D eigenvalue weighted by Gasteiger charge is 2.19. The molecule has 0 aliphatic heterocycles. The van der Waals surface area contributed by atoms with Crippen molar-refractivity contribution in [1.82, 2.24) is 20.6 Å². The molecule has 1 aromatic heterocycles. The number of methoxy groups -OCH3 is 2. The number of nitrogens with two attached hydrogens (primary N) is 1. The average Bonchev–Trinajstić information content (AvgIpc) is 2.91. The van der Waals surface area contributed by atoms with Crippen molar-refractivity contribution in [1.29, 1.82) is 0 Å². The van der Waals surface area contributed by atoms with E-state index in [9.17, 15) is 9.59 Å². The van der Waals surface area contributed by atoms with Gasteiger partial charge >= 0.3 is 0 Å². The van der Waals surface area contributed by atoms with E-state index in [1.165, 1.54) is 6.42 Å². The molecule has 6 N–H and O–H groups in total. The highest BCUT2D eigenvalue weighted by atomic mass is 16.5. The number of carbonyl (C=O) groups excluding carboxylic acids is 2. The summed E-state index contributed by atoms with van der Waals surface area (Å²) < 4.78 is 10.7. The van der Waals surface area contributed by atoms with Crippen LogP contribution in [0.3, 0.4) is 0 Å². The summed E-state index contributed by atoms with van der Waals surface area (Å²) in [6.45, 7) is 9.63. The lowest BCUT2D eigenvalue weighted by atomic mass is 10.1. The monoisotopic (exact) mass is 545 g/mol. The maximum Gasteiger partial charge on any atom is 0.271 e. The maximum atomic E-state index is 12.2. The third-order valence-corrected chi connectivity index (χ3v) is 5.58. The summed E-state index contributed by atoms with van der Waals surface area (Å²) in [5, 5.41) is 12.3. The molecule has 1 unspecified atom stereocenters. The Morgan fingerprint density at radius 2 is 1.77 bits per heavy atom. The second kappa shape index (κ2) is 18.8. The predicted molar refractivity (Wildman–Crippen MR) is 157 cm³/mol. The summed E-state index contributed by atoms with van der Waals surface area (Å²) in [4.78, 5) is 33.2. The zero-order valence-electron chi connectivity index (χ0n) is 24.6. The van der Waals surface area contributed by atoms with Crippen LogP contribution in [-0.4, -0.2) is 68.8 Å². The molecule has 218 valence electrons. The second-order valence-corrected chi connectivity index (χ2v) is 9.00. The molecule has 0 aliphatic rings. The number of ether oxygens (including phenoxy) is 2. The Kier molecular flexibility index (Phi) is 16.1. The Labute approximate surface area is 233 Å². The lowest BCUT2D eigenvalue weighted by molar-refractivity contribution is -0.120. The highest BCUT2D eigenvalue weighted by Crippen LogP contribution is 2.27. The number of benzene rings is 1. The molecule has 11 heteroatoms. The van der Waals surface area contributed by atoms with Gasteiger partial charge in [-0.15, -0.1) is 0 Å². The molecule has 0 spiro atoms. The van der Waals surface area contributed by atoms with Crippen molar-refractivity contribution >= 4 is 29.1 Å². The molecule has 1 heterocycles. The number of likely N-dealkylation sites (N-methyl/N-ethyl adjacent to an activating group) is 1. The van der Waals surface area contributed by atoms with E-state index in [1.807, 2.05) is 19.1 Å². The van der Waals surface area contributed by atoms with Crippen LogP contribution in [0, 0.1) is 0 Å². The van der Waals surface area contributed by atoms with E-state index in [0.29, 0.717) is 48.9 Å². The lowest BCUT2D eigenvalue weighted by Crippen LogP contribution is -2.33. The van der Waals surface area contributed by atoms with E-state index < -0.39 is 5.91 Å². The summed E-state index contributed by atoms with van der Waals surface area (Å²) >= 11 is 0. The fourth-order valence-corrected chi connectivity index (χ4v) is 3.62. The first-order chi connectivity index (χ1) is 18.8. The molecule has 0 bridgehead atoms. The van der Waals surface area contributed by atoms with Crippen LogP contribution in [0.4, 0.5) is 17.3 Å². The molecule has 1 aromatic carbocycles. The van der Waals surface area contributed by atoms with Gasteiger partial charge in [-0.25, -0.2) is 9.97 Å². The van der Waals surface area contributed by atoms with Crippen LogP contribution in [-0.2, 0) is 22.4 Å². The number of aryl methyl sites for hydroxylation is 1. The number of amides is 2. The Morgan fingerprint density at radius 1 is 1.05 bits per heavy atom. The van der Waals surface area contributed by atoms with Crippen molar-refractivity contribution < 1.29 is 19.1 Å². The Bertz CT molecular complexity index is 1030. The molecule has 1 atom stereocenters. The molecule has 0 saturated heterocycles. The third-order valence-electron chi connectivity index (χ3n) is 5.58. The normalized spacial score (nSPS) is 11.2. The van der Waals surface area contributed by atoms with Crippen LogP contribution in [0.15, 0.2) is 18.2 Å². The molecule has 39 heavy (non-hydrogen) atoms. The molecule has 2 rings (SSSR count). The summed E-state index contributed by atoms with van der Waals surface area (Å²) in [7, 11) is 4.97. The van der Waals surface area contributed by atoms with Gasteiger partial charge in [0.1, 0.15) is 5.75 Å². The summed E-state index contributed by atoms with van der Waals surface area (Å²) in [6.07, 6.45) is 4.11. The van der Waals surface area contributed by atoms with Gasteiger partial charge in [-0.3, -0.25) is 9.59 Å². The third kappa shape index (κ3) is 11.9. The van der Waals surface area contributed by atoms with E-state index in [4.69, 9.17) is 20.2 Å². The molecular weight excluding hydrogens is 498 g/mol. The molecule has 2 amide bonds. The van der Waals surface area contributed by atoms with Crippen molar-refractivity contribution in [3.05, 3.63) is 35.2 Å². The van der Waals surface area contributed by atoms with Crippen LogP contribution in [0.2, 0.25) is 0 Å². The zero-order chi connectivity index (χ0) is 29.2. The molecular formula is C28H47N7O4. The first kappa shape index (κ1) is 33.6. The minimum Gasteiger partial charge on any atom is -0.497 e. The van der Waals surface area contributed by atoms with Crippen LogP contribution in [0.1, 0.15) is 68.7 Å². The van der Waals surface area contributed by atoms with Crippen LogP contribution < -0.4 is 31.7 Å². The fraction of sp³-hybridized carbons (Fsp3) is 0.571. The first-order valence-corrected chi connectivity index (χ1v) is 13.6. The van der Waals surface area contributed by atoms with Gasteiger partial charge in [0.2, 0.25) is 5.91 Å². The van der Waals surface area contributed by atoms with Crippen LogP contribution in [0.5, 0.6) is 5.75 Å². The van der Waals surface area contributed by atoms with E-state index in [1.54, 1.807) is 27.3 Å². The Balaban J connectivity index is 0.00000242. The fourth-order valence-electron chi connectivity index (χ4n) is 3.62. The summed E-state index contributed by atoms with van der Waals surface area (Å²) in [6, 6.07) is 5.74. The van der Waals surface area contributed by atoms with E-state index in [0.717, 1.165) is 18.4 Å². The molecule has 0 aliphatic carbocycles. The Morgan fingerprint density at radius 3 is 2.33 bits per heavy atom. The number of nitrogens with one attached hydrogen (secondary N) is 4. The standard InChI is InChI=1S/C25H39N7O4.C3H8/c1-6-17(9-11-35-4)29-24-20(7-2)31-22(23(26)34)25(32-24)30-18-12-16(13-19(14-18)36-5)8-10-28-21(33)15-27-3;1-3-2/h12-14,17,27H,6-11,15H2,1-5H3,(H2,26,34)(H,28,33)(H2,29,30,32);3H2,1-2H3. The van der Waals surface area contributed by atoms with Crippen molar-refractivity contribution in [2.75, 3.05) is 51.6 Å².